The SMILES string of the molecule is C=CN(Cc1cc(-c2cnccn2)cc(Cl)c1Sc1ncccc1C=O)C(=O)OCC1c2ccccc2-c2ccccc21. The summed E-state index contributed by atoms with van der Waals surface area (Å²) in [6.45, 7) is 4.17. The predicted molar refractivity (Wildman–Crippen MR) is 167 cm³/mol. The number of ether oxygens (including phenoxy) is 1. The van der Waals surface area contributed by atoms with E-state index in [1.165, 1.54) is 22.9 Å². The van der Waals surface area contributed by atoms with E-state index in [1.54, 1.807) is 43.0 Å². The molecule has 1 amide bonds. The van der Waals surface area contributed by atoms with Gasteiger partial charge in [0.05, 0.1) is 23.5 Å². The molecule has 2 heterocycles. The van der Waals surface area contributed by atoms with Gasteiger partial charge >= 0.3 is 6.09 Å². The van der Waals surface area contributed by atoms with Crippen LogP contribution in [-0.2, 0) is 11.3 Å². The highest BCUT2D eigenvalue weighted by atomic mass is 35.5. The maximum Gasteiger partial charge on any atom is 0.414 e. The Hall–Kier alpha value is -4.79. The number of halogens is 1. The third-order valence-electron chi connectivity index (χ3n) is 7.24. The molecule has 9 heteroatoms. The number of pyridine rings is 1. The zero-order chi connectivity index (χ0) is 29.8. The van der Waals surface area contributed by atoms with Crippen LogP contribution < -0.4 is 0 Å². The maximum absolute atomic E-state index is 13.5. The number of carbonyl (C=O) groups is 2. The Balaban J connectivity index is 1.29. The van der Waals surface area contributed by atoms with Crippen LogP contribution in [0.15, 0.2) is 120 Å². The zero-order valence-electron chi connectivity index (χ0n) is 22.9. The Morgan fingerprint density at radius 1 is 0.977 bits per heavy atom. The van der Waals surface area contributed by atoms with E-state index in [4.69, 9.17) is 16.3 Å². The Bertz CT molecular complexity index is 1790. The van der Waals surface area contributed by atoms with Crippen LogP contribution in [0, 0.1) is 0 Å². The number of nitrogens with zero attached hydrogens (tertiary/aromatic N) is 4. The van der Waals surface area contributed by atoms with Gasteiger partial charge in [0.2, 0.25) is 0 Å². The molecule has 1 aliphatic carbocycles. The Kier molecular flexibility index (Phi) is 8.31. The molecule has 3 aromatic carbocycles. The smallest absolute Gasteiger partial charge is 0.414 e. The summed E-state index contributed by atoms with van der Waals surface area (Å²) in [6, 6.07) is 23.4. The van der Waals surface area contributed by atoms with Gasteiger partial charge in [-0.2, -0.15) is 0 Å². The highest BCUT2D eigenvalue weighted by molar-refractivity contribution is 7.99. The van der Waals surface area contributed by atoms with E-state index >= 15 is 0 Å². The van der Waals surface area contributed by atoms with Crippen LogP contribution in [0.5, 0.6) is 0 Å². The predicted octanol–water partition coefficient (Wildman–Crippen LogP) is 8.05. The quantitative estimate of drug-likeness (QED) is 0.157. The number of carbonyl (C=O) groups excluding carboxylic acids is 2. The van der Waals surface area contributed by atoms with Gasteiger partial charge in [0, 0.05) is 46.7 Å². The monoisotopic (exact) mass is 604 g/mol. The third kappa shape index (κ3) is 5.80. The number of aldehydes is 1. The first-order valence-corrected chi connectivity index (χ1v) is 14.7. The van der Waals surface area contributed by atoms with Crippen molar-refractivity contribution in [2.24, 2.45) is 0 Å². The molecule has 0 fully saturated rings. The summed E-state index contributed by atoms with van der Waals surface area (Å²) in [6.07, 6.45) is 8.10. The fraction of sp³-hybridized carbons (Fsp3) is 0.0882. The first-order valence-electron chi connectivity index (χ1n) is 13.5. The van der Waals surface area contributed by atoms with Gasteiger partial charge in [-0.15, -0.1) is 0 Å². The number of fused-ring (bicyclic) bond motifs is 3. The van der Waals surface area contributed by atoms with Gasteiger partial charge in [0.1, 0.15) is 11.6 Å². The minimum atomic E-state index is -0.541. The molecule has 0 bridgehead atoms. The molecule has 43 heavy (non-hydrogen) atoms. The van der Waals surface area contributed by atoms with E-state index in [-0.39, 0.29) is 19.1 Å². The minimum Gasteiger partial charge on any atom is -0.448 e. The molecule has 0 unspecified atom stereocenters. The lowest BCUT2D eigenvalue weighted by Crippen LogP contribution is -2.27. The van der Waals surface area contributed by atoms with Gasteiger partial charge in [0.25, 0.3) is 0 Å². The Morgan fingerprint density at radius 2 is 1.72 bits per heavy atom. The molecule has 0 atom stereocenters. The number of rotatable bonds is 9. The van der Waals surface area contributed by atoms with Gasteiger partial charge in [-0.3, -0.25) is 19.7 Å². The van der Waals surface area contributed by atoms with E-state index < -0.39 is 6.09 Å². The van der Waals surface area contributed by atoms with Crippen LogP contribution >= 0.6 is 23.4 Å². The molecule has 212 valence electrons. The normalized spacial score (nSPS) is 11.8. The molecule has 0 aliphatic heterocycles. The maximum atomic E-state index is 13.5. The molecule has 6 rings (SSSR count). The van der Waals surface area contributed by atoms with Crippen molar-refractivity contribution >= 4 is 35.7 Å². The van der Waals surface area contributed by atoms with Crippen molar-refractivity contribution in [1.82, 2.24) is 19.9 Å². The van der Waals surface area contributed by atoms with Crippen LogP contribution in [0.25, 0.3) is 22.4 Å². The second kappa shape index (κ2) is 12.6. The van der Waals surface area contributed by atoms with Crippen molar-refractivity contribution < 1.29 is 14.3 Å². The van der Waals surface area contributed by atoms with Crippen molar-refractivity contribution in [2.45, 2.75) is 22.4 Å². The number of hydrogen-bond acceptors (Lipinski definition) is 7. The number of aromatic nitrogens is 3. The van der Waals surface area contributed by atoms with Gasteiger partial charge in [0.15, 0.2) is 6.29 Å². The summed E-state index contributed by atoms with van der Waals surface area (Å²) in [5, 5.41) is 0.918. The minimum absolute atomic E-state index is 0.0746. The van der Waals surface area contributed by atoms with E-state index in [2.05, 4.69) is 45.8 Å². The fourth-order valence-corrected chi connectivity index (χ4v) is 6.52. The lowest BCUT2D eigenvalue weighted by Gasteiger charge is -2.22. The molecule has 1 aliphatic rings. The van der Waals surface area contributed by atoms with Crippen molar-refractivity contribution in [3.63, 3.8) is 0 Å². The molecule has 5 aromatic rings. The molecule has 0 saturated heterocycles. The second-order valence-corrected chi connectivity index (χ2v) is 11.2. The first-order chi connectivity index (χ1) is 21.1. The molecular formula is C34H25ClN4O3S. The van der Waals surface area contributed by atoms with Gasteiger partial charge in [-0.05, 0) is 52.1 Å². The highest BCUT2D eigenvalue weighted by Crippen LogP contribution is 2.45. The average Bonchev–Trinajstić information content (AvgIpc) is 3.37. The summed E-state index contributed by atoms with van der Waals surface area (Å²) in [5.74, 6) is -0.0746. The highest BCUT2D eigenvalue weighted by Gasteiger charge is 2.30. The van der Waals surface area contributed by atoms with Crippen LogP contribution in [-0.4, -0.2) is 38.8 Å². The van der Waals surface area contributed by atoms with Crippen LogP contribution in [0.2, 0.25) is 5.02 Å². The molecule has 0 N–H and O–H groups in total. The topological polar surface area (TPSA) is 85.3 Å². The molecule has 0 spiro atoms. The van der Waals surface area contributed by atoms with Crippen LogP contribution in [0.3, 0.4) is 0 Å². The van der Waals surface area contributed by atoms with Crippen LogP contribution in [0.1, 0.15) is 33.0 Å². The Morgan fingerprint density at radius 3 is 2.40 bits per heavy atom. The molecule has 7 nitrogen and oxygen atoms in total. The molecule has 0 radical (unpaired) electrons. The van der Waals surface area contributed by atoms with Crippen molar-refractivity contribution in [1.29, 1.82) is 0 Å². The van der Waals surface area contributed by atoms with E-state index in [9.17, 15) is 9.59 Å². The van der Waals surface area contributed by atoms with Crippen molar-refractivity contribution in [3.8, 4) is 22.4 Å². The molecule has 2 aromatic heterocycles. The molecule has 0 saturated carbocycles. The standard InChI is InChI=1S/C34H25ClN4O3S/c1-2-39(34(41)42-21-29-27-11-5-3-9-25(27)26-10-4-6-12-28(26)29)19-24-16-23(31-18-36-14-15-37-31)17-30(35)32(24)43-33-22(20-40)8-7-13-38-33/h2-18,20,29H,1,19,21H2. The lowest BCUT2D eigenvalue weighted by atomic mass is 9.98. The summed E-state index contributed by atoms with van der Waals surface area (Å²) < 4.78 is 5.90. The lowest BCUT2D eigenvalue weighted by molar-refractivity contribution is 0.111. The van der Waals surface area contributed by atoms with Gasteiger partial charge < -0.3 is 4.74 Å². The molecular weight excluding hydrogens is 580 g/mol. The summed E-state index contributed by atoms with van der Waals surface area (Å²) in [7, 11) is 0. The number of benzene rings is 3. The fourth-order valence-electron chi connectivity index (χ4n) is 5.22. The van der Waals surface area contributed by atoms with E-state index in [0.717, 1.165) is 34.1 Å². The second-order valence-electron chi connectivity index (χ2n) is 9.77. The summed E-state index contributed by atoms with van der Waals surface area (Å²) in [5.41, 5.74) is 7.06. The average molecular weight is 605 g/mol. The summed E-state index contributed by atoms with van der Waals surface area (Å²) in [4.78, 5) is 40.2. The Labute approximate surface area is 258 Å². The van der Waals surface area contributed by atoms with Crippen LogP contribution in [0.4, 0.5) is 4.79 Å². The first kappa shape index (κ1) is 28.3. The summed E-state index contributed by atoms with van der Waals surface area (Å²) >= 11 is 8.09. The largest absolute Gasteiger partial charge is 0.448 e. The van der Waals surface area contributed by atoms with Crippen molar-refractivity contribution in [3.05, 3.63) is 138 Å². The third-order valence-corrected chi connectivity index (χ3v) is 8.87. The van der Waals surface area contributed by atoms with Gasteiger partial charge in [-0.25, -0.2) is 9.78 Å². The number of amides is 1. The van der Waals surface area contributed by atoms with Crippen molar-refractivity contribution in [2.75, 3.05) is 6.61 Å². The van der Waals surface area contributed by atoms with E-state index in [0.29, 0.717) is 31.8 Å². The zero-order valence-corrected chi connectivity index (χ0v) is 24.5. The number of hydrogen-bond donors (Lipinski definition) is 0. The van der Waals surface area contributed by atoms with E-state index in [1.807, 2.05) is 30.3 Å². The van der Waals surface area contributed by atoms with Gasteiger partial charge in [-0.1, -0.05) is 78.5 Å².